The lowest BCUT2D eigenvalue weighted by molar-refractivity contribution is 0.628. The van der Waals surface area contributed by atoms with Crippen LogP contribution < -0.4 is 11.1 Å². The lowest BCUT2D eigenvalue weighted by atomic mass is 10.0. The molecule has 0 saturated carbocycles. The van der Waals surface area contributed by atoms with Crippen molar-refractivity contribution in [3.05, 3.63) is 96.7 Å². The number of benzene rings is 2. The number of pyridine rings is 1. The Labute approximate surface area is 195 Å². The SMILES string of the molecule is CC(C)N.Fc1ccc(-c2cnc(NCCCc3ccccc3)nc2-c2ccncc2)cc1. The zero-order chi connectivity index (χ0) is 23.5. The molecule has 0 amide bonds. The van der Waals surface area contributed by atoms with Crippen molar-refractivity contribution >= 4 is 5.95 Å². The van der Waals surface area contributed by atoms with E-state index in [4.69, 9.17) is 10.7 Å². The minimum absolute atomic E-state index is 0.267. The van der Waals surface area contributed by atoms with Crippen molar-refractivity contribution in [1.29, 1.82) is 0 Å². The van der Waals surface area contributed by atoms with Gasteiger partial charge in [-0.05, 0) is 54.3 Å². The quantitative estimate of drug-likeness (QED) is 0.356. The highest BCUT2D eigenvalue weighted by Gasteiger charge is 2.12. The van der Waals surface area contributed by atoms with E-state index in [0.717, 1.165) is 41.8 Å². The Bertz CT molecular complexity index is 1100. The molecule has 0 aliphatic rings. The van der Waals surface area contributed by atoms with E-state index >= 15 is 0 Å². The summed E-state index contributed by atoms with van der Waals surface area (Å²) < 4.78 is 13.3. The summed E-state index contributed by atoms with van der Waals surface area (Å²) in [5.41, 5.74) is 9.88. The Morgan fingerprint density at radius 2 is 1.58 bits per heavy atom. The van der Waals surface area contributed by atoms with Crippen LogP contribution in [-0.4, -0.2) is 27.5 Å². The van der Waals surface area contributed by atoms with Crippen LogP contribution in [0.1, 0.15) is 25.8 Å². The van der Waals surface area contributed by atoms with E-state index in [1.54, 1.807) is 30.7 Å². The van der Waals surface area contributed by atoms with Crippen LogP contribution in [0.15, 0.2) is 85.3 Å². The Morgan fingerprint density at radius 3 is 2.24 bits per heavy atom. The van der Waals surface area contributed by atoms with Gasteiger partial charge < -0.3 is 11.1 Å². The molecule has 4 aromatic rings. The van der Waals surface area contributed by atoms with E-state index < -0.39 is 0 Å². The number of nitrogens with zero attached hydrogens (tertiary/aromatic N) is 3. The van der Waals surface area contributed by atoms with Gasteiger partial charge in [-0.3, -0.25) is 4.98 Å². The van der Waals surface area contributed by atoms with Gasteiger partial charge in [-0.1, -0.05) is 56.3 Å². The Balaban J connectivity index is 0.000000709. The first-order chi connectivity index (χ1) is 16.0. The molecule has 170 valence electrons. The molecule has 2 aromatic heterocycles. The third-order valence-corrected chi connectivity index (χ3v) is 4.67. The zero-order valence-corrected chi connectivity index (χ0v) is 19.1. The zero-order valence-electron chi connectivity index (χ0n) is 19.1. The second-order valence-electron chi connectivity index (χ2n) is 7.96. The van der Waals surface area contributed by atoms with Gasteiger partial charge in [0.25, 0.3) is 0 Å². The van der Waals surface area contributed by atoms with E-state index in [9.17, 15) is 4.39 Å². The van der Waals surface area contributed by atoms with Crippen molar-refractivity contribution < 1.29 is 4.39 Å². The maximum atomic E-state index is 13.3. The van der Waals surface area contributed by atoms with Crippen LogP contribution >= 0.6 is 0 Å². The molecule has 0 fully saturated rings. The molecule has 0 spiro atoms. The minimum atomic E-state index is -0.267. The monoisotopic (exact) mass is 443 g/mol. The largest absolute Gasteiger partial charge is 0.354 e. The first-order valence-corrected chi connectivity index (χ1v) is 11.1. The molecule has 2 heterocycles. The lowest BCUT2D eigenvalue weighted by Crippen LogP contribution is -2.07. The number of rotatable bonds is 7. The normalized spacial score (nSPS) is 10.5. The van der Waals surface area contributed by atoms with Gasteiger partial charge in [0.2, 0.25) is 5.95 Å². The smallest absolute Gasteiger partial charge is 0.223 e. The lowest BCUT2D eigenvalue weighted by Gasteiger charge is -2.12. The van der Waals surface area contributed by atoms with Gasteiger partial charge in [0.15, 0.2) is 0 Å². The molecule has 33 heavy (non-hydrogen) atoms. The Kier molecular flexibility index (Phi) is 9.03. The average Bonchev–Trinajstić information content (AvgIpc) is 2.83. The molecular formula is C27H30FN5. The van der Waals surface area contributed by atoms with Gasteiger partial charge in [-0.2, -0.15) is 0 Å². The summed E-state index contributed by atoms with van der Waals surface area (Å²) in [7, 11) is 0. The third kappa shape index (κ3) is 7.77. The molecule has 0 saturated heterocycles. The summed E-state index contributed by atoms with van der Waals surface area (Å²) in [6.07, 6.45) is 7.24. The van der Waals surface area contributed by atoms with Crippen LogP contribution in [0.4, 0.5) is 10.3 Å². The fourth-order valence-electron chi connectivity index (χ4n) is 3.17. The molecule has 0 radical (unpaired) electrons. The van der Waals surface area contributed by atoms with Crippen molar-refractivity contribution in [3.63, 3.8) is 0 Å². The molecule has 5 nitrogen and oxygen atoms in total. The van der Waals surface area contributed by atoms with Crippen LogP contribution in [0.25, 0.3) is 22.4 Å². The van der Waals surface area contributed by atoms with Crippen molar-refractivity contribution in [2.24, 2.45) is 5.73 Å². The highest BCUT2D eigenvalue weighted by atomic mass is 19.1. The molecule has 0 unspecified atom stereocenters. The molecule has 4 rings (SSSR count). The first kappa shape index (κ1) is 24.0. The van der Waals surface area contributed by atoms with Crippen LogP contribution in [0, 0.1) is 5.82 Å². The van der Waals surface area contributed by atoms with E-state index in [2.05, 4.69) is 39.6 Å². The van der Waals surface area contributed by atoms with Crippen LogP contribution in [0.3, 0.4) is 0 Å². The van der Waals surface area contributed by atoms with Gasteiger partial charge in [0.1, 0.15) is 5.82 Å². The Morgan fingerprint density at radius 1 is 0.909 bits per heavy atom. The van der Waals surface area contributed by atoms with Crippen LogP contribution in [0.5, 0.6) is 0 Å². The predicted octanol–water partition coefficient (Wildman–Crippen LogP) is 5.74. The second-order valence-corrected chi connectivity index (χ2v) is 7.96. The molecule has 0 aliphatic carbocycles. The summed E-state index contributed by atoms with van der Waals surface area (Å²) in [5, 5.41) is 3.32. The number of hydrogen-bond acceptors (Lipinski definition) is 5. The molecule has 3 N–H and O–H groups in total. The topological polar surface area (TPSA) is 76.7 Å². The number of hydrogen-bond donors (Lipinski definition) is 2. The molecule has 0 atom stereocenters. The van der Waals surface area contributed by atoms with Gasteiger partial charge in [-0.25, -0.2) is 14.4 Å². The predicted molar refractivity (Wildman–Crippen MR) is 133 cm³/mol. The van der Waals surface area contributed by atoms with E-state index in [-0.39, 0.29) is 5.82 Å². The van der Waals surface area contributed by atoms with Gasteiger partial charge in [0, 0.05) is 36.3 Å². The first-order valence-electron chi connectivity index (χ1n) is 11.1. The molecule has 0 aliphatic heterocycles. The van der Waals surface area contributed by atoms with Crippen LogP contribution in [-0.2, 0) is 6.42 Å². The van der Waals surface area contributed by atoms with E-state index in [0.29, 0.717) is 12.0 Å². The molecule has 6 heteroatoms. The van der Waals surface area contributed by atoms with Crippen molar-refractivity contribution in [1.82, 2.24) is 15.0 Å². The number of nitrogens with one attached hydrogen (secondary N) is 1. The van der Waals surface area contributed by atoms with E-state index in [1.165, 1.54) is 17.7 Å². The van der Waals surface area contributed by atoms with Crippen molar-refractivity contribution in [2.45, 2.75) is 32.7 Å². The van der Waals surface area contributed by atoms with Crippen molar-refractivity contribution in [2.75, 3.05) is 11.9 Å². The third-order valence-electron chi connectivity index (χ3n) is 4.67. The maximum absolute atomic E-state index is 13.3. The summed E-state index contributed by atoms with van der Waals surface area (Å²) in [4.78, 5) is 13.3. The summed E-state index contributed by atoms with van der Waals surface area (Å²) in [6.45, 7) is 4.67. The minimum Gasteiger partial charge on any atom is -0.354 e. The summed E-state index contributed by atoms with van der Waals surface area (Å²) >= 11 is 0. The average molecular weight is 444 g/mol. The standard InChI is InChI=1S/C24H21FN4.C3H9N/c25-21-10-8-19(9-11-21)22-17-28-24(29-23(22)20-12-15-26-16-13-20)27-14-4-7-18-5-2-1-3-6-18;1-3(2)4/h1-3,5-6,8-13,15-17H,4,7,14H2,(H,27,28,29);3H,4H2,1-2H3. The molecule has 0 bridgehead atoms. The second kappa shape index (κ2) is 12.4. The van der Waals surface area contributed by atoms with Gasteiger partial charge in [-0.15, -0.1) is 0 Å². The number of aryl methyl sites for hydroxylation is 1. The fraction of sp³-hybridized carbons (Fsp3) is 0.222. The van der Waals surface area contributed by atoms with Crippen LogP contribution in [0.2, 0.25) is 0 Å². The Hall–Kier alpha value is -3.64. The summed E-state index contributed by atoms with van der Waals surface area (Å²) in [5.74, 6) is 0.313. The van der Waals surface area contributed by atoms with Gasteiger partial charge >= 0.3 is 0 Å². The number of anilines is 1. The van der Waals surface area contributed by atoms with Crippen molar-refractivity contribution in [3.8, 4) is 22.4 Å². The highest BCUT2D eigenvalue weighted by molar-refractivity contribution is 5.80. The molecule has 2 aromatic carbocycles. The number of nitrogens with two attached hydrogens (primary N) is 1. The highest BCUT2D eigenvalue weighted by Crippen LogP contribution is 2.30. The number of aromatic nitrogens is 3. The molecular weight excluding hydrogens is 413 g/mol. The number of halogens is 1. The van der Waals surface area contributed by atoms with E-state index in [1.807, 2.05) is 32.0 Å². The van der Waals surface area contributed by atoms with Gasteiger partial charge in [0.05, 0.1) is 5.69 Å². The summed E-state index contributed by atoms with van der Waals surface area (Å²) in [6, 6.07) is 20.9. The fourth-order valence-corrected chi connectivity index (χ4v) is 3.17. The maximum Gasteiger partial charge on any atom is 0.223 e.